The molecule has 0 saturated carbocycles. The third kappa shape index (κ3) is 6.83. The molecule has 15 heavy (non-hydrogen) atoms. The quantitative estimate of drug-likeness (QED) is 0.300. The molecule has 0 saturated heterocycles. The predicted octanol–water partition coefficient (Wildman–Crippen LogP) is 1.01. The van der Waals surface area contributed by atoms with Crippen LogP contribution in [0.1, 0.15) is 20.8 Å². The summed E-state index contributed by atoms with van der Waals surface area (Å²) in [6.07, 6.45) is 0.146. The Morgan fingerprint density at radius 1 is 1.47 bits per heavy atom. The summed E-state index contributed by atoms with van der Waals surface area (Å²) >= 11 is 4.92. The standard InChI is InChI=1S/C9H22N3OSSi/c1-9(2,3)7(13-15(4)5)6-11-8(14)12-10/h7H,6,10H2,1-5H3,(H2,11,12,14). The first kappa shape index (κ1) is 14.8. The van der Waals surface area contributed by atoms with Gasteiger partial charge in [-0.1, -0.05) is 20.8 Å². The largest absolute Gasteiger partial charge is 0.412 e. The molecule has 0 aromatic carbocycles. The van der Waals surface area contributed by atoms with Crippen molar-refractivity contribution in [2.24, 2.45) is 11.3 Å². The van der Waals surface area contributed by atoms with Crippen molar-refractivity contribution >= 4 is 26.4 Å². The van der Waals surface area contributed by atoms with E-state index in [1.54, 1.807) is 0 Å². The average Bonchev–Trinajstić information content (AvgIpc) is 2.09. The Morgan fingerprint density at radius 3 is 2.33 bits per heavy atom. The van der Waals surface area contributed by atoms with E-state index in [9.17, 15) is 0 Å². The Labute approximate surface area is 99.6 Å². The second-order valence-corrected chi connectivity index (χ2v) is 7.20. The Balaban J connectivity index is 4.20. The van der Waals surface area contributed by atoms with Crippen LogP contribution in [0.2, 0.25) is 13.1 Å². The Kier molecular flexibility index (Phi) is 6.34. The van der Waals surface area contributed by atoms with E-state index in [2.05, 4.69) is 44.6 Å². The summed E-state index contributed by atoms with van der Waals surface area (Å²) in [7, 11) is -0.705. The van der Waals surface area contributed by atoms with Crippen molar-refractivity contribution in [3.8, 4) is 0 Å². The molecular weight excluding hydrogens is 226 g/mol. The van der Waals surface area contributed by atoms with Gasteiger partial charge in [-0.05, 0) is 30.7 Å². The molecule has 0 fully saturated rings. The van der Waals surface area contributed by atoms with Crippen LogP contribution in [0.25, 0.3) is 0 Å². The van der Waals surface area contributed by atoms with E-state index in [1.165, 1.54) is 0 Å². The lowest BCUT2D eigenvalue weighted by Gasteiger charge is -2.32. The maximum absolute atomic E-state index is 5.92. The molecule has 0 aliphatic rings. The molecule has 89 valence electrons. The van der Waals surface area contributed by atoms with Gasteiger partial charge >= 0.3 is 0 Å². The smallest absolute Gasteiger partial charge is 0.205 e. The fraction of sp³-hybridized carbons (Fsp3) is 0.889. The molecule has 0 spiro atoms. The molecule has 0 bridgehead atoms. The average molecular weight is 248 g/mol. The second kappa shape index (κ2) is 6.42. The second-order valence-electron chi connectivity index (χ2n) is 4.74. The maximum Gasteiger partial charge on any atom is 0.205 e. The highest BCUT2D eigenvalue weighted by atomic mass is 32.1. The predicted molar refractivity (Wildman–Crippen MR) is 69.7 cm³/mol. The van der Waals surface area contributed by atoms with Crippen molar-refractivity contribution in [3.05, 3.63) is 0 Å². The van der Waals surface area contributed by atoms with Crippen molar-refractivity contribution in [2.45, 2.75) is 40.0 Å². The van der Waals surface area contributed by atoms with Gasteiger partial charge in [0.05, 0.1) is 6.10 Å². The van der Waals surface area contributed by atoms with Crippen LogP contribution in [0, 0.1) is 5.41 Å². The molecule has 0 heterocycles. The number of hydrogen-bond donors (Lipinski definition) is 3. The fourth-order valence-corrected chi connectivity index (χ4v) is 2.13. The van der Waals surface area contributed by atoms with Crippen molar-refractivity contribution in [2.75, 3.05) is 6.54 Å². The highest BCUT2D eigenvalue weighted by Gasteiger charge is 2.26. The van der Waals surface area contributed by atoms with Crippen LogP contribution in [0.5, 0.6) is 0 Å². The molecule has 4 nitrogen and oxygen atoms in total. The molecular formula is C9H22N3OSSi. The van der Waals surface area contributed by atoms with E-state index in [4.69, 9.17) is 22.5 Å². The zero-order chi connectivity index (χ0) is 12.1. The van der Waals surface area contributed by atoms with Gasteiger partial charge in [0.2, 0.25) is 9.04 Å². The minimum atomic E-state index is -0.705. The minimum absolute atomic E-state index is 0.0964. The highest BCUT2D eigenvalue weighted by molar-refractivity contribution is 7.80. The van der Waals surface area contributed by atoms with E-state index >= 15 is 0 Å². The van der Waals surface area contributed by atoms with Crippen LogP contribution in [0.4, 0.5) is 0 Å². The number of thiocarbonyl (C=S) groups is 1. The third-order valence-electron chi connectivity index (χ3n) is 1.92. The molecule has 6 heteroatoms. The van der Waals surface area contributed by atoms with Gasteiger partial charge in [-0.15, -0.1) is 0 Å². The molecule has 0 aromatic rings. The van der Waals surface area contributed by atoms with Crippen LogP contribution in [-0.4, -0.2) is 26.8 Å². The van der Waals surface area contributed by atoms with Crippen LogP contribution in [0.3, 0.4) is 0 Å². The number of nitrogens with two attached hydrogens (primary N) is 1. The number of hydrazine groups is 1. The van der Waals surface area contributed by atoms with Gasteiger partial charge in [0.25, 0.3) is 0 Å². The summed E-state index contributed by atoms with van der Waals surface area (Å²) in [5, 5.41) is 3.48. The van der Waals surface area contributed by atoms with Crippen LogP contribution >= 0.6 is 12.2 Å². The van der Waals surface area contributed by atoms with Crippen LogP contribution < -0.4 is 16.6 Å². The zero-order valence-corrected chi connectivity index (χ0v) is 12.0. The van der Waals surface area contributed by atoms with E-state index < -0.39 is 9.04 Å². The number of rotatable bonds is 4. The van der Waals surface area contributed by atoms with Crippen LogP contribution in [-0.2, 0) is 4.43 Å². The first-order valence-corrected chi connectivity index (χ1v) is 7.80. The Hall–Kier alpha value is -0.173. The molecule has 1 radical (unpaired) electrons. The molecule has 1 unspecified atom stereocenters. The first-order valence-electron chi connectivity index (χ1n) is 4.98. The summed E-state index contributed by atoms with van der Waals surface area (Å²) in [6.45, 7) is 11.4. The molecule has 0 aliphatic heterocycles. The molecule has 1 atom stereocenters. The van der Waals surface area contributed by atoms with Gasteiger partial charge in [0, 0.05) is 6.54 Å². The summed E-state index contributed by atoms with van der Waals surface area (Å²) < 4.78 is 5.92. The lowest BCUT2D eigenvalue weighted by Crippen LogP contribution is -2.47. The Morgan fingerprint density at radius 2 is 2.00 bits per heavy atom. The van der Waals surface area contributed by atoms with Gasteiger partial charge in [-0.3, -0.25) is 0 Å². The summed E-state index contributed by atoms with van der Waals surface area (Å²) in [6, 6.07) is 0. The van der Waals surface area contributed by atoms with Crippen molar-refractivity contribution < 1.29 is 4.43 Å². The Bertz CT molecular complexity index is 206. The van der Waals surface area contributed by atoms with Gasteiger partial charge in [0.15, 0.2) is 5.11 Å². The summed E-state index contributed by atoms with van der Waals surface area (Å²) in [5.41, 5.74) is 2.49. The highest BCUT2D eigenvalue weighted by Crippen LogP contribution is 2.22. The van der Waals surface area contributed by atoms with Gasteiger partial charge in [0.1, 0.15) is 0 Å². The SMILES string of the molecule is C[Si](C)OC(CNC(=S)NN)C(C)(C)C. The van der Waals surface area contributed by atoms with Crippen LogP contribution in [0.15, 0.2) is 0 Å². The summed E-state index contributed by atoms with van der Waals surface area (Å²) in [5.74, 6) is 5.18. The van der Waals surface area contributed by atoms with Gasteiger partial charge in [-0.2, -0.15) is 0 Å². The molecule has 0 aromatic heterocycles. The topological polar surface area (TPSA) is 59.3 Å². The molecule has 0 rings (SSSR count). The first-order chi connectivity index (χ1) is 6.77. The molecule has 4 N–H and O–H groups in total. The normalized spacial score (nSPS) is 13.8. The lowest BCUT2D eigenvalue weighted by molar-refractivity contribution is 0.0900. The molecule has 0 amide bonds. The number of nitrogens with one attached hydrogen (secondary N) is 2. The fourth-order valence-electron chi connectivity index (χ4n) is 1.05. The summed E-state index contributed by atoms with van der Waals surface area (Å²) in [4.78, 5) is 0. The maximum atomic E-state index is 5.92. The lowest BCUT2D eigenvalue weighted by atomic mass is 9.89. The van der Waals surface area contributed by atoms with Crippen molar-refractivity contribution in [1.29, 1.82) is 0 Å². The van der Waals surface area contributed by atoms with E-state index in [1.807, 2.05) is 0 Å². The monoisotopic (exact) mass is 248 g/mol. The van der Waals surface area contributed by atoms with E-state index in [-0.39, 0.29) is 11.5 Å². The van der Waals surface area contributed by atoms with Crippen molar-refractivity contribution in [1.82, 2.24) is 10.7 Å². The van der Waals surface area contributed by atoms with Gasteiger partial charge in [-0.25, -0.2) is 5.84 Å². The minimum Gasteiger partial charge on any atom is -0.412 e. The van der Waals surface area contributed by atoms with E-state index in [0.717, 1.165) is 0 Å². The van der Waals surface area contributed by atoms with E-state index in [0.29, 0.717) is 11.7 Å². The number of hydrogen-bond acceptors (Lipinski definition) is 3. The third-order valence-corrected chi connectivity index (χ3v) is 2.94. The van der Waals surface area contributed by atoms with Crippen molar-refractivity contribution in [3.63, 3.8) is 0 Å². The van der Waals surface area contributed by atoms with Gasteiger partial charge < -0.3 is 15.2 Å². The zero-order valence-electron chi connectivity index (χ0n) is 10.2. The molecule has 0 aliphatic carbocycles.